The smallest absolute Gasteiger partial charge is 0.369 e. The average molecular weight is 242 g/mol. The van der Waals surface area contributed by atoms with Crippen molar-refractivity contribution in [2.75, 3.05) is 19.8 Å². The predicted molar refractivity (Wildman–Crippen MR) is 62.3 cm³/mol. The molecule has 1 aromatic heterocycles. The van der Waals surface area contributed by atoms with Crippen molar-refractivity contribution in [3.63, 3.8) is 0 Å². The Balaban J connectivity index is 2.99. The van der Waals surface area contributed by atoms with Crippen molar-refractivity contribution < 1.29 is 13.3 Å². The van der Waals surface area contributed by atoms with Gasteiger partial charge in [-0.05, 0) is 32.9 Å². The van der Waals surface area contributed by atoms with Gasteiger partial charge in [0.15, 0.2) is 0 Å². The Morgan fingerprint density at radius 1 is 1.06 bits per heavy atom. The van der Waals surface area contributed by atoms with E-state index < -0.39 is 8.80 Å². The minimum absolute atomic E-state index is 0.531. The third-order valence-corrected chi connectivity index (χ3v) is 4.79. The molecule has 6 heteroatoms. The summed E-state index contributed by atoms with van der Waals surface area (Å²) in [4.78, 5) is 0. The first-order valence-electron chi connectivity index (χ1n) is 5.49. The van der Waals surface area contributed by atoms with Crippen LogP contribution in [-0.2, 0) is 13.3 Å². The van der Waals surface area contributed by atoms with Gasteiger partial charge in [-0.3, -0.25) is 0 Å². The number of hydrogen-bond donors (Lipinski definition) is 0. The summed E-state index contributed by atoms with van der Waals surface area (Å²) in [6, 6.07) is 3.64. The Kier molecular flexibility index (Phi) is 5.54. The highest BCUT2D eigenvalue weighted by molar-refractivity contribution is 6.74. The van der Waals surface area contributed by atoms with E-state index in [4.69, 9.17) is 13.3 Å². The van der Waals surface area contributed by atoms with Crippen LogP contribution in [0.3, 0.4) is 0 Å². The Morgan fingerprint density at radius 2 is 1.62 bits per heavy atom. The minimum Gasteiger partial charge on any atom is -0.369 e. The summed E-state index contributed by atoms with van der Waals surface area (Å²) >= 11 is 0. The van der Waals surface area contributed by atoms with Crippen LogP contribution in [0, 0.1) is 0 Å². The van der Waals surface area contributed by atoms with E-state index in [1.807, 2.05) is 26.8 Å². The van der Waals surface area contributed by atoms with Crippen LogP contribution in [0.15, 0.2) is 18.3 Å². The second-order valence-corrected chi connectivity index (χ2v) is 5.45. The fraction of sp³-hybridized carbons (Fsp3) is 0.600. The summed E-state index contributed by atoms with van der Waals surface area (Å²) in [5.41, 5.74) is 0. The quantitative estimate of drug-likeness (QED) is 0.660. The molecule has 0 aliphatic rings. The van der Waals surface area contributed by atoms with Crippen molar-refractivity contribution >= 4 is 14.1 Å². The third kappa shape index (κ3) is 3.08. The number of hydrogen-bond acceptors (Lipinski definition) is 5. The first-order valence-corrected chi connectivity index (χ1v) is 7.21. The van der Waals surface area contributed by atoms with E-state index in [0.29, 0.717) is 25.1 Å². The molecule has 1 heterocycles. The molecule has 0 saturated heterocycles. The van der Waals surface area contributed by atoms with Crippen LogP contribution in [0.1, 0.15) is 20.8 Å². The SMILES string of the molecule is CCO[Si](OCC)(OCC)c1cccnn1. The maximum Gasteiger partial charge on any atom is 0.558 e. The summed E-state index contributed by atoms with van der Waals surface area (Å²) in [7, 11) is -2.85. The molecule has 16 heavy (non-hydrogen) atoms. The monoisotopic (exact) mass is 242 g/mol. The molecule has 1 aromatic rings. The van der Waals surface area contributed by atoms with Crippen molar-refractivity contribution in [1.29, 1.82) is 0 Å². The van der Waals surface area contributed by atoms with Gasteiger partial charge in [-0.2, -0.15) is 10.2 Å². The fourth-order valence-corrected chi connectivity index (χ4v) is 3.70. The summed E-state index contributed by atoms with van der Waals surface area (Å²) in [6.07, 6.45) is 1.62. The fourth-order valence-electron chi connectivity index (χ4n) is 1.38. The van der Waals surface area contributed by atoms with Crippen LogP contribution in [0.4, 0.5) is 0 Å². The molecule has 5 nitrogen and oxygen atoms in total. The maximum atomic E-state index is 5.69. The zero-order chi connectivity index (χ0) is 11.9. The lowest BCUT2D eigenvalue weighted by atomic mass is 10.6. The molecule has 0 saturated carbocycles. The van der Waals surface area contributed by atoms with Crippen molar-refractivity contribution in [1.82, 2.24) is 10.2 Å². The lowest BCUT2D eigenvalue weighted by Gasteiger charge is -2.26. The maximum absolute atomic E-state index is 5.69. The molecule has 90 valence electrons. The normalized spacial score (nSPS) is 11.7. The first kappa shape index (κ1) is 13.2. The van der Waals surface area contributed by atoms with Crippen LogP contribution >= 0.6 is 0 Å². The van der Waals surface area contributed by atoms with Crippen LogP contribution in [0.5, 0.6) is 0 Å². The highest BCUT2D eigenvalue weighted by atomic mass is 28.4. The van der Waals surface area contributed by atoms with E-state index in [0.717, 1.165) is 0 Å². The number of nitrogens with zero attached hydrogens (tertiary/aromatic N) is 2. The third-order valence-electron chi connectivity index (χ3n) is 1.89. The van der Waals surface area contributed by atoms with Gasteiger partial charge in [0.2, 0.25) is 0 Å². The highest BCUT2D eigenvalue weighted by Gasteiger charge is 2.45. The number of aromatic nitrogens is 2. The van der Waals surface area contributed by atoms with Crippen molar-refractivity contribution in [2.45, 2.75) is 20.8 Å². The van der Waals surface area contributed by atoms with Crippen LogP contribution in [0.2, 0.25) is 0 Å². The lowest BCUT2D eigenvalue weighted by Crippen LogP contribution is -2.58. The Morgan fingerprint density at radius 3 is 2.00 bits per heavy atom. The van der Waals surface area contributed by atoms with Gasteiger partial charge in [-0.15, -0.1) is 0 Å². The van der Waals surface area contributed by atoms with E-state index in [1.54, 1.807) is 12.3 Å². The standard InChI is InChI=1S/C10H18N2O3Si/c1-4-13-16(14-5-2,15-6-3)10-8-7-9-11-12-10/h7-9H,4-6H2,1-3H3. The van der Waals surface area contributed by atoms with Gasteiger partial charge in [-0.1, -0.05) is 0 Å². The Hall–Kier alpha value is -0.823. The second-order valence-electron chi connectivity index (χ2n) is 2.96. The number of rotatable bonds is 7. The molecule has 0 N–H and O–H groups in total. The average Bonchev–Trinajstić information content (AvgIpc) is 2.31. The van der Waals surface area contributed by atoms with Gasteiger partial charge in [0, 0.05) is 26.0 Å². The second kappa shape index (κ2) is 6.69. The van der Waals surface area contributed by atoms with Crippen molar-refractivity contribution in [2.24, 2.45) is 0 Å². The predicted octanol–water partition coefficient (Wildman–Crippen LogP) is 0.732. The van der Waals surface area contributed by atoms with Gasteiger partial charge in [0.05, 0.1) is 0 Å². The minimum atomic E-state index is -2.85. The Labute approximate surface area is 97.1 Å². The van der Waals surface area contributed by atoms with Crippen LogP contribution in [0.25, 0.3) is 0 Å². The zero-order valence-electron chi connectivity index (χ0n) is 9.97. The van der Waals surface area contributed by atoms with Gasteiger partial charge < -0.3 is 13.3 Å². The molecule has 0 amide bonds. The molecule has 0 radical (unpaired) electrons. The van der Waals surface area contributed by atoms with Crippen molar-refractivity contribution in [3.05, 3.63) is 18.3 Å². The van der Waals surface area contributed by atoms with E-state index >= 15 is 0 Å². The van der Waals surface area contributed by atoms with E-state index in [1.165, 1.54) is 0 Å². The zero-order valence-corrected chi connectivity index (χ0v) is 11.0. The lowest BCUT2D eigenvalue weighted by molar-refractivity contribution is 0.0848. The van der Waals surface area contributed by atoms with E-state index in [9.17, 15) is 0 Å². The van der Waals surface area contributed by atoms with E-state index in [2.05, 4.69) is 10.2 Å². The molecule has 1 rings (SSSR count). The first-order chi connectivity index (χ1) is 7.79. The van der Waals surface area contributed by atoms with Gasteiger partial charge >= 0.3 is 8.80 Å². The summed E-state index contributed by atoms with van der Waals surface area (Å²) in [5.74, 6) is 0. The molecule has 0 atom stereocenters. The van der Waals surface area contributed by atoms with Crippen molar-refractivity contribution in [3.8, 4) is 0 Å². The molecule has 0 fully saturated rings. The molecule has 0 bridgehead atoms. The molecule has 0 unspecified atom stereocenters. The molecular formula is C10H18N2O3Si. The Bertz CT molecular complexity index is 280. The summed E-state index contributed by atoms with van der Waals surface area (Å²) < 4.78 is 17.1. The van der Waals surface area contributed by atoms with Gasteiger partial charge in [0.25, 0.3) is 0 Å². The molecule has 0 aliphatic carbocycles. The van der Waals surface area contributed by atoms with Crippen LogP contribution < -0.4 is 5.32 Å². The topological polar surface area (TPSA) is 53.5 Å². The summed E-state index contributed by atoms with van der Waals surface area (Å²) in [6.45, 7) is 7.33. The molecule has 0 spiro atoms. The molecular weight excluding hydrogens is 224 g/mol. The highest BCUT2D eigenvalue weighted by Crippen LogP contribution is 2.08. The van der Waals surface area contributed by atoms with Gasteiger partial charge in [-0.25, -0.2) is 0 Å². The van der Waals surface area contributed by atoms with Crippen LogP contribution in [-0.4, -0.2) is 38.8 Å². The van der Waals surface area contributed by atoms with E-state index in [-0.39, 0.29) is 0 Å². The molecule has 0 aromatic carbocycles. The summed E-state index contributed by atoms with van der Waals surface area (Å²) in [5, 5.41) is 8.55. The largest absolute Gasteiger partial charge is 0.558 e. The molecule has 0 aliphatic heterocycles. The van der Waals surface area contributed by atoms with Gasteiger partial charge in [0.1, 0.15) is 5.32 Å².